The molecule has 2 atom stereocenters. The Labute approximate surface area is 258 Å². The molecule has 2 fully saturated rings. The lowest BCUT2D eigenvalue weighted by Crippen LogP contribution is -2.52. The molecule has 5 rings (SSSR count). The van der Waals surface area contributed by atoms with Crippen LogP contribution in [0.5, 0.6) is 5.75 Å². The van der Waals surface area contributed by atoms with Gasteiger partial charge in [0.2, 0.25) is 0 Å². The molecule has 0 bridgehead atoms. The van der Waals surface area contributed by atoms with Gasteiger partial charge in [0.05, 0.1) is 24.3 Å². The van der Waals surface area contributed by atoms with Crippen LogP contribution in [0.15, 0.2) is 66.9 Å². The quantitative estimate of drug-likeness (QED) is 0.274. The molecular weight excluding hydrogens is 592 g/mol. The van der Waals surface area contributed by atoms with Crippen molar-refractivity contribution in [2.45, 2.75) is 44.2 Å². The fourth-order valence-electron chi connectivity index (χ4n) is 5.78. The van der Waals surface area contributed by atoms with Gasteiger partial charge >= 0.3 is 6.18 Å². The summed E-state index contributed by atoms with van der Waals surface area (Å²) in [5.74, 6) is -0.304. The summed E-state index contributed by atoms with van der Waals surface area (Å²) in [6.45, 7) is 1.34. The fraction of sp³-hybridized carbons (Fsp3) is 0.394. The van der Waals surface area contributed by atoms with Gasteiger partial charge in [-0.2, -0.15) is 13.2 Å². The van der Waals surface area contributed by atoms with Gasteiger partial charge in [0.25, 0.3) is 11.8 Å². The summed E-state index contributed by atoms with van der Waals surface area (Å²) in [7, 11) is 1.56. The van der Waals surface area contributed by atoms with E-state index in [1.54, 1.807) is 47.2 Å². The van der Waals surface area contributed by atoms with E-state index in [0.717, 1.165) is 12.1 Å². The number of benzene rings is 2. The molecule has 2 aliphatic rings. The highest BCUT2D eigenvalue weighted by molar-refractivity contribution is 5.99. The molecule has 45 heavy (non-hydrogen) atoms. The fourth-order valence-corrected chi connectivity index (χ4v) is 5.78. The Balaban J connectivity index is 1.09. The first-order valence-corrected chi connectivity index (χ1v) is 14.8. The molecule has 3 heterocycles. The van der Waals surface area contributed by atoms with E-state index in [0.29, 0.717) is 49.4 Å². The second-order valence-corrected chi connectivity index (χ2v) is 11.4. The molecule has 2 aromatic carbocycles. The summed E-state index contributed by atoms with van der Waals surface area (Å²) in [6, 6.07) is 14.1. The molecule has 1 N–H and O–H groups in total. The molecule has 238 valence electrons. The molecule has 1 aromatic heterocycles. The first-order chi connectivity index (χ1) is 21.5. The third kappa shape index (κ3) is 7.86. The monoisotopic (exact) mass is 626 g/mol. The van der Waals surface area contributed by atoms with Crippen molar-refractivity contribution in [2.24, 2.45) is 5.92 Å². The topological polar surface area (TPSA) is 91.8 Å². The summed E-state index contributed by atoms with van der Waals surface area (Å²) in [6.07, 6.45) is -3.25. The average Bonchev–Trinajstić information content (AvgIpc) is 3.05. The zero-order valence-corrected chi connectivity index (χ0v) is 24.7. The van der Waals surface area contributed by atoms with E-state index in [4.69, 9.17) is 4.74 Å². The number of carbonyl (C=O) groups excluding carboxylic acids is 3. The molecular formula is C33H34F4N4O4. The van der Waals surface area contributed by atoms with Crippen LogP contribution in [0.2, 0.25) is 0 Å². The van der Waals surface area contributed by atoms with Crippen LogP contribution in [0.25, 0.3) is 0 Å². The van der Waals surface area contributed by atoms with Crippen molar-refractivity contribution in [1.29, 1.82) is 0 Å². The number of ether oxygens (including phenoxy) is 1. The number of hydrogen-bond donors (Lipinski definition) is 1. The normalized spacial score (nSPS) is 19.6. The molecule has 2 amide bonds. The SMILES string of the molecule is COc1ccc(C(=O)C2CCN(C(=O)c3ccc(C(=O)N[C@@H]4CCN(Cc5cccc(C(F)(F)F)c5)C[C@H]4F)cn3)CC2)cc1. The Morgan fingerprint density at radius 3 is 2.29 bits per heavy atom. The largest absolute Gasteiger partial charge is 0.497 e. The lowest BCUT2D eigenvalue weighted by molar-refractivity contribution is -0.137. The van der Waals surface area contributed by atoms with Gasteiger partial charge in [-0.25, -0.2) is 4.39 Å². The first kappa shape index (κ1) is 32.1. The van der Waals surface area contributed by atoms with Gasteiger partial charge in [-0.1, -0.05) is 18.2 Å². The van der Waals surface area contributed by atoms with Crippen LogP contribution in [0.1, 0.15) is 61.6 Å². The van der Waals surface area contributed by atoms with Crippen molar-refractivity contribution >= 4 is 17.6 Å². The predicted octanol–water partition coefficient (Wildman–Crippen LogP) is 5.19. The highest BCUT2D eigenvalue weighted by atomic mass is 19.4. The number of Topliss-reactive ketones (excluding diaryl/α,β-unsaturated/α-hetero) is 1. The average molecular weight is 627 g/mol. The van der Waals surface area contributed by atoms with Crippen molar-refractivity contribution in [3.63, 3.8) is 0 Å². The van der Waals surface area contributed by atoms with Gasteiger partial charge in [0.1, 0.15) is 17.6 Å². The van der Waals surface area contributed by atoms with E-state index in [1.165, 1.54) is 24.4 Å². The molecule has 2 saturated heterocycles. The van der Waals surface area contributed by atoms with Crippen molar-refractivity contribution in [2.75, 3.05) is 33.3 Å². The van der Waals surface area contributed by atoms with Crippen molar-refractivity contribution in [3.8, 4) is 5.75 Å². The maximum Gasteiger partial charge on any atom is 0.416 e. The number of ketones is 1. The number of nitrogens with zero attached hydrogens (tertiary/aromatic N) is 3. The lowest BCUT2D eigenvalue weighted by atomic mass is 9.88. The van der Waals surface area contributed by atoms with E-state index in [9.17, 15) is 31.9 Å². The minimum Gasteiger partial charge on any atom is -0.497 e. The van der Waals surface area contributed by atoms with Crippen LogP contribution in [0.3, 0.4) is 0 Å². The number of likely N-dealkylation sites (tertiary alicyclic amines) is 2. The minimum atomic E-state index is -4.45. The Morgan fingerprint density at radius 1 is 0.956 bits per heavy atom. The third-order valence-electron chi connectivity index (χ3n) is 8.37. The number of piperidine rings is 2. The Morgan fingerprint density at radius 2 is 1.67 bits per heavy atom. The molecule has 12 heteroatoms. The van der Waals surface area contributed by atoms with Gasteiger partial charge < -0.3 is 15.0 Å². The van der Waals surface area contributed by atoms with Gasteiger partial charge in [-0.05, 0) is 67.3 Å². The zero-order chi connectivity index (χ0) is 32.1. The first-order valence-electron chi connectivity index (χ1n) is 14.8. The van der Waals surface area contributed by atoms with Crippen molar-refractivity contribution < 1.29 is 36.7 Å². The maximum atomic E-state index is 15.0. The number of pyridine rings is 1. The number of hydrogen-bond acceptors (Lipinski definition) is 6. The van der Waals surface area contributed by atoms with E-state index in [1.807, 2.05) is 0 Å². The Kier molecular flexibility index (Phi) is 9.81. The summed E-state index contributed by atoms with van der Waals surface area (Å²) in [5.41, 5.74) is 0.635. The van der Waals surface area contributed by atoms with Crippen LogP contribution < -0.4 is 10.1 Å². The standard InChI is InChI=1S/C33H34F4N4O4/c1-45-26-8-5-22(6-9-26)30(42)23-11-15-41(16-12-23)32(44)29-10-7-24(18-38-29)31(43)39-28-13-14-40(20-27(28)34)19-21-3-2-4-25(17-21)33(35,36)37/h2-10,17-18,23,27-28H,11-16,19-20H2,1H3,(H,39,43)/t27-,28-/m1/s1. The number of amides is 2. The van der Waals surface area contributed by atoms with Crippen molar-refractivity contribution in [3.05, 3.63) is 94.8 Å². The highest BCUT2D eigenvalue weighted by Gasteiger charge is 2.33. The number of aromatic nitrogens is 1. The molecule has 0 spiro atoms. The second-order valence-electron chi connectivity index (χ2n) is 11.4. The van der Waals surface area contributed by atoms with Crippen molar-refractivity contribution in [1.82, 2.24) is 20.1 Å². The van der Waals surface area contributed by atoms with E-state index in [-0.39, 0.29) is 48.4 Å². The van der Waals surface area contributed by atoms with Crippen LogP contribution in [-0.4, -0.2) is 77.9 Å². The zero-order valence-electron chi connectivity index (χ0n) is 24.7. The summed E-state index contributed by atoms with van der Waals surface area (Å²) >= 11 is 0. The van der Waals surface area contributed by atoms with Gasteiger partial charge in [-0.15, -0.1) is 0 Å². The molecule has 0 saturated carbocycles. The van der Waals surface area contributed by atoms with E-state index < -0.39 is 29.9 Å². The van der Waals surface area contributed by atoms with Gasteiger partial charge in [-0.3, -0.25) is 24.3 Å². The summed E-state index contributed by atoms with van der Waals surface area (Å²) in [5, 5.41) is 2.68. The number of carbonyl (C=O) groups is 3. The van der Waals surface area contributed by atoms with Gasteiger partial charge in [0, 0.05) is 50.4 Å². The number of nitrogens with one attached hydrogen (secondary N) is 1. The molecule has 2 aliphatic heterocycles. The molecule has 8 nitrogen and oxygen atoms in total. The second kappa shape index (κ2) is 13.8. The van der Waals surface area contributed by atoms with E-state index in [2.05, 4.69) is 10.3 Å². The molecule has 0 radical (unpaired) electrons. The smallest absolute Gasteiger partial charge is 0.416 e. The Hall–Kier alpha value is -4.32. The highest BCUT2D eigenvalue weighted by Crippen LogP contribution is 2.30. The van der Waals surface area contributed by atoms with Crippen LogP contribution in [-0.2, 0) is 12.7 Å². The van der Waals surface area contributed by atoms with Crippen LogP contribution >= 0.6 is 0 Å². The summed E-state index contributed by atoms with van der Waals surface area (Å²) < 4.78 is 59.2. The number of rotatable bonds is 8. The minimum absolute atomic E-state index is 0.0325. The maximum absolute atomic E-state index is 15.0. The molecule has 0 aliphatic carbocycles. The molecule has 0 unspecified atom stereocenters. The van der Waals surface area contributed by atoms with Crippen LogP contribution in [0, 0.1) is 5.92 Å². The van der Waals surface area contributed by atoms with Crippen LogP contribution in [0.4, 0.5) is 17.6 Å². The van der Waals surface area contributed by atoms with Gasteiger partial charge in [0.15, 0.2) is 5.78 Å². The Bertz CT molecular complexity index is 1510. The summed E-state index contributed by atoms with van der Waals surface area (Å²) in [4.78, 5) is 46.3. The number of halogens is 4. The third-order valence-corrected chi connectivity index (χ3v) is 8.37. The molecule has 3 aromatic rings. The number of alkyl halides is 4. The lowest BCUT2D eigenvalue weighted by Gasteiger charge is -2.35. The van der Waals surface area contributed by atoms with E-state index >= 15 is 0 Å². The predicted molar refractivity (Wildman–Crippen MR) is 158 cm³/mol. The number of methoxy groups -OCH3 is 1.